The van der Waals surface area contributed by atoms with Gasteiger partial charge in [-0.2, -0.15) is 0 Å². The van der Waals surface area contributed by atoms with E-state index in [9.17, 15) is 9.59 Å². The standard InChI is InChI=1S/C20H20N4O2/c1-2-16-14(8-9-18(25)23-16)20(26)24-10-15(13-6-4-3-5-7-13)19-17(11-24)21-12-22-19/h3-9,12,15H,2,10-11H2,1H3,(H,21,22)(H,23,25). The van der Waals surface area contributed by atoms with Crippen molar-refractivity contribution in [2.24, 2.45) is 0 Å². The minimum absolute atomic E-state index is 0.0305. The summed E-state index contributed by atoms with van der Waals surface area (Å²) in [5.74, 6) is -0.0396. The number of aromatic amines is 2. The summed E-state index contributed by atoms with van der Waals surface area (Å²) in [4.78, 5) is 37.0. The number of benzene rings is 1. The molecule has 26 heavy (non-hydrogen) atoms. The van der Waals surface area contributed by atoms with Crippen LogP contribution in [0.2, 0.25) is 0 Å². The molecule has 0 fully saturated rings. The van der Waals surface area contributed by atoms with Crippen LogP contribution < -0.4 is 5.56 Å². The number of carbonyl (C=O) groups excluding carboxylic acids is 1. The number of fused-ring (bicyclic) bond motifs is 1. The Morgan fingerprint density at radius 3 is 2.81 bits per heavy atom. The topological polar surface area (TPSA) is 81.9 Å². The molecule has 1 atom stereocenters. The first-order valence-corrected chi connectivity index (χ1v) is 8.76. The molecule has 1 aromatic carbocycles. The summed E-state index contributed by atoms with van der Waals surface area (Å²) in [6.07, 6.45) is 2.29. The van der Waals surface area contributed by atoms with Gasteiger partial charge >= 0.3 is 0 Å². The summed E-state index contributed by atoms with van der Waals surface area (Å²) in [6, 6.07) is 13.1. The number of aryl methyl sites for hydroxylation is 1. The first-order chi connectivity index (χ1) is 12.7. The van der Waals surface area contributed by atoms with Gasteiger partial charge in [0.15, 0.2) is 0 Å². The Kier molecular flexibility index (Phi) is 4.16. The summed E-state index contributed by atoms with van der Waals surface area (Å²) in [6.45, 7) is 2.97. The molecule has 2 aromatic heterocycles. The molecule has 132 valence electrons. The van der Waals surface area contributed by atoms with Gasteiger partial charge in [0.1, 0.15) is 0 Å². The Hall–Kier alpha value is -3.15. The van der Waals surface area contributed by atoms with Crippen LogP contribution >= 0.6 is 0 Å². The molecule has 4 rings (SSSR count). The predicted octanol–water partition coefficient (Wildman–Crippen LogP) is 2.45. The molecule has 1 aliphatic rings. The van der Waals surface area contributed by atoms with Crippen LogP contribution in [0.5, 0.6) is 0 Å². The van der Waals surface area contributed by atoms with E-state index in [1.807, 2.05) is 30.0 Å². The molecule has 0 radical (unpaired) electrons. The van der Waals surface area contributed by atoms with Crippen LogP contribution in [0.4, 0.5) is 0 Å². The fourth-order valence-electron chi connectivity index (χ4n) is 3.59. The highest BCUT2D eigenvalue weighted by Gasteiger charge is 2.32. The molecule has 2 N–H and O–H groups in total. The van der Waals surface area contributed by atoms with Gasteiger partial charge in [-0.15, -0.1) is 0 Å². The van der Waals surface area contributed by atoms with Crippen molar-refractivity contribution in [3.63, 3.8) is 0 Å². The molecule has 3 aromatic rings. The summed E-state index contributed by atoms with van der Waals surface area (Å²) in [5, 5.41) is 0. The fourth-order valence-corrected chi connectivity index (χ4v) is 3.59. The van der Waals surface area contributed by atoms with Gasteiger partial charge in [0, 0.05) is 24.2 Å². The Morgan fingerprint density at radius 2 is 2.04 bits per heavy atom. The van der Waals surface area contributed by atoms with Crippen LogP contribution in [0, 0.1) is 0 Å². The lowest BCUT2D eigenvalue weighted by atomic mass is 9.90. The summed E-state index contributed by atoms with van der Waals surface area (Å²) in [5.41, 5.74) is 4.14. The van der Waals surface area contributed by atoms with Gasteiger partial charge in [-0.25, -0.2) is 4.98 Å². The van der Waals surface area contributed by atoms with Gasteiger partial charge in [0.05, 0.1) is 29.8 Å². The van der Waals surface area contributed by atoms with Crippen LogP contribution in [0.15, 0.2) is 53.6 Å². The minimum atomic E-state index is -0.185. The third kappa shape index (κ3) is 2.83. The normalized spacial score (nSPS) is 16.3. The monoisotopic (exact) mass is 348 g/mol. The number of H-pyrrole nitrogens is 2. The first kappa shape index (κ1) is 16.3. The van der Waals surface area contributed by atoms with Crippen LogP contribution in [-0.2, 0) is 13.0 Å². The van der Waals surface area contributed by atoms with E-state index < -0.39 is 0 Å². The van der Waals surface area contributed by atoms with Gasteiger partial charge in [0.25, 0.3) is 5.91 Å². The average Bonchev–Trinajstić information content (AvgIpc) is 3.16. The number of rotatable bonds is 3. The molecule has 0 aliphatic carbocycles. The van der Waals surface area contributed by atoms with Crippen molar-refractivity contribution >= 4 is 5.91 Å². The predicted molar refractivity (Wildman–Crippen MR) is 98.1 cm³/mol. The lowest BCUT2D eigenvalue weighted by Gasteiger charge is -2.32. The molecule has 1 amide bonds. The third-order valence-corrected chi connectivity index (χ3v) is 4.91. The number of nitrogens with one attached hydrogen (secondary N) is 2. The number of pyridine rings is 1. The Labute approximate surface area is 150 Å². The van der Waals surface area contributed by atoms with Gasteiger partial charge < -0.3 is 14.9 Å². The van der Waals surface area contributed by atoms with Crippen molar-refractivity contribution in [1.82, 2.24) is 19.9 Å². The van der Waals surface area contributed by atoms with Crippen molar-refractivity contribution < 1.29 is 4.79 Å². The van der Waals surface area contributed by atoms with Crippen molar-refractivity contribution in [2.45, 2.75) is 25.8 Å². The van der Waals surface area contributed by atoms with Crippen LogP contribution in [0.25, 0.3) is 0 Å². The summed E-state index contributed by atoms with van der Waals surface area (Å²) in [7, 11) is 0. The van der Waals surface area contributed by atoms with E-state index in [2.05, 4.69) is 27.1 Å². The minimum Gasteiger partial charge on any atom is -0.347 e. The molecule has 0 spiro atoms. The van der Waals surface area contributed by atoms with Crippen molar-refractivity contribution in [3.05, 3.63) is 87.4 Å². The maximum atomic E-state index is 13.2. The zero-order chi connectivity index (χ0) is 18.1. The Bertz CT molecular complexity index is 990. The number of aromatic nitrogens is 3. The van der Waals surface area contributed by atoms with E-state index in [0.717, 1.165) is 17.0 Å². The van der Waals surface area contributed by atoms with E-state index in [0.29, 0.717) is 30.8 Å². The zero-order valence-electron chi connectivity index (χ0n) is 14.5. The third-order valence-electron chi connectivity index (χ3n) is 4.91. The van der Waals surface area contributed by atoms with Crippen LogP contribution in [0.1, 0.15) is 45.8 Å². The van der Waals surface area contributed by atoms with Crippen molar-refractivity contribution in [3.8, 4) is 0 Å². The smallest absolute Gasteiger partial charge is 0.256 e. The summed E-state index contributed by atoms with van der Waals surface area (Å²) >= 11 is 0. The average molecular weight is 348 g/mol. The van der Waals surface area contributed by atoms with E-state index in [4.69, 9.17) is 0 Å². The molecule has 3 heterocycles. The molecule has 6 heteroatoms. The molecular formula is C20H20N4O2. The maximum Gasteiger partial charge on any atom is 0.256 e. The highest BCUT2D eigenvalue weighted by atomic mass is 16.2. The quantitative estimate of drug-likeness (QED) is 0.763. The van der Waals surface area contributed by atoms with E-state index in [-0.39, 0.29) is 17.4 Å². The Morgan fingerprint density at radius 1 is 1.23 bits per heavy atom. The SMILES string of the molecule is CCc1[nH]c(=O)ccc1C(=O)N1Cc2[nH]cnc2C(c2ccccc2)C1. The molecule has 1 aliphatic heterocycles. The Balaban J connectivity index is 1.71. The molecular weight excluding hydrogens is 328 g/mol. The van der Waals surface area contributed by atoms with Gasteiger partial charge in [-0.1, -0.05) is 37.3 Å². The van der Waals surface area contributed by atoms with Gasteiger partial charge in [-0.3, -0.25) is 9.59 Å². The fraction of sp³-hybridized carbons (Fsp3) is 0.250. The number of hydrogen-bond acceptors (Lipinski definition) is 3. The molecule has 1 unspecified atom stereocenters. The number of hydrogen-bond donors (Lipinski definition) is 2. The second kappa shape index (κ2) is 6.63. The number of amides is 1. The first-order valence-electron chi connectivity index (χ1n) is 8.76. The lowest BCUT2D eigenvalue weighted by Crippen LogP contribution is -2.39. The molecule has 0 saturated heterocycles. The molecule has 0 bridgehead atoms. The van der Waals surface area contributed by atoms with Gasteiger partial charge in [-0.05, 0) is 18.1 Å². The highest BCUT2D eigenvalue weighted by molar-refractivity contribution is 5.95. The van der Waals surface area contributed by atoms with Crippen LogP contribution in [-0.4, -0.2) is 32.3 Å². The lowest BCUT2D eigenvalue weighted by molar-refractivity contribution is 0.0720. The molecule has 0 saturated carbocycles. The van der Waals surface area contributed by atoms with E-state index >= 15 is 0 Å². The van der Waals surface area contributed by atoms with Gasteiger partial charge in [0.2, 0.25) is 5.56 Å². The number of nitrogens with zero attached hydrogens (tertiary/aromatic N) is 2. The zero-order valence-corrected chi connectivity index (χ0v) is 14.5. The largest absolute Gasteiger partial charge is 0.347 e. The number of imidazole rings is 1. The van der Waals surface area contributed by atoms with E-state index in [1.165, 1.54) is 6.07 Å². The van der Waals surface area contributed by atoms with E-state index in [1.54, 1.807) is 12.4 Å². The second-order valence-electron chi connectivity index (χ2n) is 6.48. The van der Waals surface area contributed by atoms with Crippen LogP contribution in [0.3, 0.4) is 0 Å². The maximum absolute atomic E-state index is 13.2. The summed E-state index contributed by atoms with van der Waals surface area (Å²) < 4.78 is 0. The molecule has 6 nitrogen and oxygen atoms in total. The van der Waals surface area contributed by atoms with Crippen molar-refractivity contribution in [2.75, 3.05) is 6.54 Å². The second-order valence-corrected chi connectivity index (χ2v) is 6.48. The number of carbonyl (C=O) groups is 1. The highest BCUT2D eigenvalue weighted by Crippen LogP contribution is 2.32. The van der Waals surface area contributed by atoms with Crippen molar-refractivity contribution in [1.29, 1.82) is 0 Å².